The fraction of sp³-hybridized carbons (Fsp3) is 0.667. The highest BCUT2D eigenvalue weighted by molar-refractivity contribution is 6.17. The molecule has 0 fully saturated rings. The van der Waals surface area contributed by atoms with E-state index < -0.39 is 0 Å². The molecule has 0 aliphatic heterocycles. The van der Waals surface area contributed by atoms with Crippen LogP contribution in [0.25, 0.3) is 0 Å². The Kier molecular flexibility index (Phi) is 6.98. The van der Waals surface area contributed by atoms with Gasteiger partial charge in [-0.2, -0.15) is 0 Å². The van der Waals surface area contributed by atoms with Crippen LogP contribution in [0.5, 0.6) is 0 Å². The lowest BCUT2D eigenvalue weighted by molar-refractivity contribution is 0.732. The third kappa shape index (κ3) is 5.99. The van der Waals surface area contributed by atoms with Gasteiger partial charge in [0.25, 0.3) is 0 Å². The van der Waals surface area contributed by atoms with Crippen LogP contribution in [0.3, 0.4) is 0 Å². The average molecular weight is 134 g/mol. The lowest BCUT2D eigenvalue weighted by Crippen LogP contribution is -2.14. The van der Waals surface area contributed by atoms with Gasteiger partial charge in [0.1, 0.15) is 0 Å². The Labute approximate surface area is 55.7 Å². The summed E-state index contributed by atoms with van der Waals surface area (Å²) in [4.78, 5) is 0. The second-order valence-electron chi connectivity index (χ2n) is 1.54. The summed E-state index contributed by atoms with van der Waals surface area (Å²) < 4.78 is 0. The van der Waals surface area contributed by atoms with Crippen molar-refractivity contribution in [2.75, 3.05) is 19.0 Å². The van der Waals surface area contributed by atoms with Crippen LogP contribution in [0.2, 0.25) is 0 Å². The fourth-order valence-electron chi connectivity index (χ4n) is 0.396. The van der Waals surface area contributed by atoms with Gasteiger partial charge in [0.15, 0.2) is 0 Å². The van der Waals surface area contributed by atoms with Crippen LogP contribution >= 0.6 is 11.6 Å². The summed E-state index contributed by atoms with van der Waals surface area (Å²) in [6.45, 7) is 5.44. The molecule has 0 radical (unpaired) electrons. The molecule has 0 aromatic rings. The maximum absolute atomic E-state index is 5.41. The highest BCUT2D eigenvalue weighted by Crippen LogP contribution is 1.79. The topological polar surface area (TPSA) is 12.0 Å². The minimum atomic E-state index is 0.740. The SMILES string of the molecule is C=CCNCCCCl. The van der Waals surface area contributed by atoms with E-state index in [0.29, 0.717) is 0 Å². The smallest absolute Gasteiger partial charge is 0.0235 e. The normalized spacial score (nSPS) is 9.12. The highest BCUT2D eigenvalue weighted by atomic mass is 35.5. The van der Waals surface area contributed by atoms with Gasteiger partial charge in [0.2, 0.25) is 0 Å². The molecule has 0 saturated heterocycles. The molecular formula is C6H12ClN. The number of halogens is 1. The van der Waals surface area contributed by atoms with E-state index in [1.165, 1.54) is 0 Å². The molecular weight excluding hydrogens is 122 g/mol. The molecule has 0 rings (SSSR count). The second-order valence-corrected chi connectivity index (χ2v) is 1.91. The summed E-state index contributed by atoms with van der Waals surface area (Å²) in [7, 11) is 0. The van der Waals surface area contributed by atoms with Crippen LogP contribution in [-0.4, -0.2) is 19.0 Å². The molecule has 1 N–H and O–H groups in total. The van der Waals surface area contributed by atoms with Gasteiger partial charge in [0, 0.05) is 12.4 Å². The van der Waals surface area contributed by atoms with Crippen LogP contribution in [0.4, 0.5) is 0 Å². The van der Waals surface area contributed by atoms with Gasteiger partial charge in [-0.05, 0) is 13.0 Å². The van der Waals surface area contributed by atoms with Crippen molar-refractivity contribution >= 4 is 11.6 Å². The number of alkyl halides is 1. The van der Waals surface area contributed by atoms with Gasteiger partial charge in [-0.3, -0.25) is 0 Å². The predicted octanol–water partition coefficient (Wildman–Crippen LogP) is 1.39. The van der Waals surface area contributed by atoms with Crippen molar-refractivity contribution in [3.05, 3.63) is 12.7 Å². The fourth-order valence-corrected chi connectivity index (χ4v) is 0.530. The molecule has 8 heavy (non-hydrogen) atoms. The lowest BCUT2D eigenvalue weighted by atomic mass is 10.5. The molecule has 0 aromatic carbocycles. The van der Waals surface area contributed by atoms with Gasteiger partial charge < -0.3 is 5.32 Å². The van der Waals surface area contributed by atoms with E-state index in [1.54, 1.807) is 0 Å². The van der Waals surface area contributed by atoms with Gasteiger partial charge in [0.05, 0.1) is 0 Å². The Morgan fingerprint density at radius 3 is 2.88 bits per heavy atom. The van der Waals surface area contributed by atoms with Gasteiger partial charge in [-0.15, -0.1) is 18.2 Å². The second kappa shape index (κ2) is 6.99. The maximum atomic E-state index is 5.41. The molecule has 0 amide bonds. The molecule has 0 saturated carbocycles. The first-order valence-electron chi connectivity index (χ1n) is 2.79. The molecule has 0 bridgehead atoms. The van der Waals surface area contributed by atoms with Crippen molar-refractivity contribution in [1.29, 1.82) is 0 Å². The average Bonchev–Trinajstić information content (AvgIpc) is 1.81. The van der Waals surface area contributed by atoms with Gasteiger partial charge in [-0.1, -0.05) is 6.08 Å². The minimum absolute atomic E-state index is 0.740. The molecule has 0 atom stereocenters. The van der Waals surface area contributed by atoms with Crippen LogP contribution in [0.1, 0.15) is 6.42 Å². The first-order chi connectivity index (χ1) is 3.91. The van der Waals surface area contributed by atoms with Crippen molar-refractivity contribution in [2.24, 2.45) is 0 Å². The lowest BCUT2D eigenvalue weighted by Gasteiger charge is -1.95. The minimum Gasteiger partial charge on any atom is -0.313 e. The van der Waals surface area contributed by atoms with Crippen LogP contribution in [0.15, 0.2) is 12.7 Å². The zero-order chi connectivity index (χ0) is 6.24. The highest BCUT2D eigenvalue weighted by Gasteiger charge is 1.79. The van der Waals surface area contributed by atoms with E-state index in [-0.39, 0.29) is 0 Å². The quantitative estimate of drug-likeness (QED) is 0.340. The number of hydrogen-bond donors (Lipinski definition) is 1. The Hall–Kier alpha value is -0.0100. The molecule has 0 spiro atoms. The monoisotopic (exact) mass is 133 g/mol. The van der Waals surface area contributed by atoms with Gasteiger partial charge in [-0.25, -0.2) is 0 Å². The third-order valence-corrected chi connectivity index (χ3v) is 1.04. The number of hydrogen-bond acceptors (Lipinski definition) is 1. The summed E-state index contributed by atoms with van der Waals surface area (Å²) in [6, 6.07) is 0. The van der Waals surface area contributed by atoms with E-state index >= 15 is 0 Å². The molecule has 1 nitrogen and oxygen atoms in total. The molecule has 0 aromatic heterocycles. The molecule has 0 aliphatic carbocycles. The molecule has 0 aliphatic rings. The number of nitrogens with one attached hydrogen (secondary N) is 1. The standard InChI is InChI=1S/C6H12ClN/c1-2-5-8-6-3-4-7/h2,8H,1,3-6H2. The molecule has 0 unspecified atom stereocenters. The molecule has 2 heteroatoms. The van der Waals surface area contributed by atoms with E-state index in [9.17, 15) is 0 Å². The summed E-state index contributed by atoms with van der Waals surface area (Å²) in [5.41, 5.74) is 0. The molecule has 48 valence electrons. The van der Waals surface area contributed by atoms with E-state index in [4.69, 9.17) is 11.6 Å². The Balaban J connectivity index is 2.62. The Morgan fingerprint density at radius 2 is 2.38 bits per heavy atom. The Morgan fingerprint density at radius 1 is 1.62 bits per heavy atom. The van der Waals surface area contributed by atoms with E-state index in [1.807, 2.05) is 6.08 Å². The van der Waals surface area contributed by atoms with Gasteiger partial charge >= 0.3 is 0 Å². The van der Waals surface area contributed by atoms with E-state index in [0.717, 1.165) is 25.4 Å². The predicted molar refractivity (Wildman–Crippen MR) is 38.4 cm³/mol. The van der Waals surface area contributed by atoms with Crippen molar-refractivity contribution in [1.82, 2.24) is 5.32 Å². The Bertz CT molecular complexity index is 54.5. The third-order valence-electron chi connectivity index (χ3n) is 0.776. The zero-order valence-electron chi connectivity index (χ0n) is 4.99. The number of rotatable bonds is 5. The summed E-state index contributed by atoms with van der Waals surface area (Å²) >= 11 is 5.41. The van der Waals surface area contributed by atoms with Crippen LogP contribution in [-0.2, 0) is 0 Å². The van der Waals surface area contributed by atoms with Crippen LogP contribution < -0.4 is 5.32 Å². The van der Waals surface area contributed by atoms with E-state index in [2.05, 4.69) is 11.9 Å². The van der Waals surface area contributed by atoms with Crippen molar-refractivity contribution in [3.8, 4) is 0 Å². The first kappa shape index (κ1) is 7.99. The summed E-state index contributed by atoms with van der Waals surface area (Å²) in [5.74, 6) is 0.740. The zero-order valence-corrected chi connectivity index (χ0v) is 5.75. The van der Waals surface area contributed by atoms with Crippen LogP contribution in [0, 0.1) is 0 Å². The summed E-state index contributed by atoms with van der Waals surface area (Å²) in [5, 5.41) is 3.13. The van der Waals surface area contributed by atoms with Crippen molar-refractivity contribution in [3.63, 3.8) is 0 Å². The summed E-state index contributed by atoms with van der Waals surface area (Å²) in [6.07, 6.45) is 2.88. The largest absolute Gasteiger partial charge is 0.313 e. The maximum Gasteiger partial charge on any atom is 0.0235 e. The van der Waals surface area contributed by atoms with Crippen molar-refractivity contribution in [2.45, 2.75) is 6.42 Å². The first-order valence-corrected chi connectivity index (χ1v) is 3.33. The van der Waals surface area contributed by atoms with Crippen molar-refractivity contribution < 1.29 is 0 Å². The molecule has 0 heterocycles.